The van der Waals surface area contributed by atoms with E-state index in [9.17, 15) is 9.59 Å². The van der Waals surface area contributed by atoms with Crippen LogP contribution in [-0.4, -0.2) is 24.1 Å². The second kappa shape index (κ2) is 8.60. The third-order valence-corrected chi connectivity index (χ3v) is 3.46. The fraction of sp³-hybridized carbons (Fsp3) is 0.357. The van der Waals surface area contributed by atoms with Crippen LogP contribution < -0.4 is 11.1 Å². The van der Waals surface area contributed by atoms with E-state index in [1.807, 2.05) is 6.92 Å². The third kappa shape index (κ3) is 5.91. The van der Waals surface area contributed by atoms with Crippen LogP contribution in [0.2, 0.25) is 10.0 Å². The molecule has 0 heterocycles. The van der Waals surface area contributed by atoms with Crippen LogP contribution >= 0.6 is 23.2 Å². The summed E-state index contributed by atoms with van der Waals surface area (Å²) in [5.74, 6) is -0.839. The molecule has 1 aromatic rings. The van der Waals surface area contributed by atoms with Crippen molar-refractivity contribution in [2.75, 3.05) is 0 Å². The lowest BCUT2D eigenvalue weighted by Crippen LogP contribution is -2.38. The summed E-state index contributed by atoms with van der Waals surface area (Å²) in [6.07, 6.45) is -0.571. The number of nitrogens with one attached hydrogen (secondary N) is 1. The highest BCUT2D eigenvalue weighted by atomic mass is 35.5. The minimum Gasteiger partial charge on any atom is -0.445 e. The molecule has 2 amide bonds. The van der Waals surface area contributed by atoms with Crippen molar-refractivity contribution in [3.05, 3.63) is 33.8 Å². The van der Waals surface area contributed by atoms with E-state index in [4.69, 9.17) is 33.7 Å². The van der Waals surface area contributed by atoms with Crippen molar-refractivity contribution >= 4 is 41.2 Å². The number of nitrogens with two attached hydrogens (primary N) is 1. The quantitative estimate of drug-likeness (QED) is 0.647. The van der Waals surface area contributed by atoms with Gasteiger partial charge in [-0.25, -0.2) is 4.79 Å². The Morgan fingerprint density at radius 1 is 1.36 bits per heavy atom. The van der Waals surface area contributed by atoms with Crippen LogP contribution in [0.25, 0.3) is 0 Å². The van der Waals surface area contributed by atoms with E-state index in [0.717, 1.165) is 0 Å². The third-order valence-electron chi connectivity index (χ3n) is 2.76. The lowest BCUT2D eigenvalue weighted by atomic mass is 10.1. The molecule has 0 saturated carbocycles. The van der Waals surface area contributed by atoms with E-state index in [1.54, 1.807) is 25.1 Å². The summed E-state index contributed by atoms with van der Waals surface area (Å²) in [6.45, 7) is 3.59. The van der Waals surface area contributed by atoms with Gasteiger partial charge in [0.25, 0.3) is 0 Å². The minimum absolute atomic E-state index is 0.0882. The number of rotatable bonds is 4. The van der Waals surface area contributed by atoms with Crippen molar-refractivity contribution in [1.29, 1.82) is 0 Å². The van der Waals surface area contributed by atoms with Crippen molar-refractivity contribution in [2.24, 2.45) is 10.7 Å². The first kappa shape index (κ1) is 18.3. The number of hydrogen-bond acceptors (Lipinski definition) is 3. The monoisotopic (exact) mass is 345 g/mol. The largest absolute Gasteiger partial charge is 0.445 e. The Hall–Kier alpha value is -1.79. The first-order valence-corrected chi connectivity index (χ1v) is 7.36. The van der Waals surface area contributed by atoms with Crippen LogP contribution in [0.4, 0.5) is 4.79 Å². The topological polar surface area (TPSA) is 93.8 Å². The lowest BCUT2D eigenvalue weighted by Gasteiger charge is -2.09. The molecular weight excluding hydrogens is 329 g/mol. The van der Waals surface area contributed by atoms with Crippen molar-refractivity contribution in [3.8, 4) is 0 Å². The van der Waals surface area contributed by atoms with Crippen LogP contribution in [0.3, 0.4) is 0 Å². The Morgan fingerprint density at radius 2 is 1.95 bits per heavy atom. The van der Waals surface area contributed by atoms with E-state index >= 15 is 0 Å². The molecule has 0 aliphatic heterocycles. The second-order valence-electron chi connectivity index (χ2n) is 4.52. The molecule has 0 aromatic heterocycles. The van der Waals surface area contributed by atoms with Crippen LogP contribution in [0, 0.1) is 0 Å². The number of carbonyl (C=O) groups is 2. The summed E-state index contributed by atoms with van der Waals surface area (Å²) < 4.78 is 4.91. The number of ether oxygens (including phenoxy) is 1. The number of carbonyl (C=O) groups excluding carboxylic acids is 2. The molecule has 0 radical (unpaired) electrons. The fourth-order valence-corrected chi connectivity index (χ4v) is 1.99. The molecule has 1 rings (SSSR count). The molecule has 8 heteroatoms. The van der Waals surface area contributed by atoms with Gasteiger partial charge < -0.3 is 10.5 Å². The zero-order valence-electron chi connectivity index (χ0n) is 12.2. The highest BCUT2D eigenvalue weighted by molar-refractivity contribution is 6.36. The maximum atomic E-state index is 11.8. The minimum atomic E-state index is -0.858. The second-order valence-corrected chi connectivity index (χ2v) is 5.34. The van der Waals surface area contributed by atoms with Crippen molar-refractivity contribution in [2.45, 2.75) is 32.8 Å². The van der Waals surface area contributed by atoms with Gasteiger partial charge in [0.15, 0.2) is 0 Å². The van der Waals surface area contributed by atoms with E-state index in [2.05, 4.69) is 10.3 Å². The maximum Gasteiger partial charge on any atom is 0.437 e. The molecule has 3 N–H and O–H groups in total. The normalized spacial score (nSPS) is 12.6. The van der Waals surface area contributed by atoms with Gasteiger partial charge in [-0.3, -0.25) is 10.1 Å². The highest BCUT2D eigenvalue weighted by Crippen LogP contribution is 2.24. The van der Waals surface area contributed by atoms with Gasteiger partial charge in [0, 0.05) is 10.0 Å². The standard InChI is InChI=1S/C14H17Cl2N3O3/c1-3-8(2)22-14(21)19-13(17)18-12(20)7-9-10(15)5-4-6-11(9)16/h4-6,8H,3,7H2,1-2H3,(H3,17,18,19,20,21). The van der Waals surface area contributed by atoms with Gasteiger partial charge in [-0.15, -0.1) is 4.99 Å². The predicted molar refractivity (Wildman–Crippen MR) is 86.2 cm³/mol. The van der Waals surface area contributed by atoms with Gasteiger partial charge in [0.05, 0.1) is 6.42 Å². The average molecular weight is 346 g/mol. The van der Waals surface area contributed by atoms with Crippen LogP contribution in [-0.2, 0) is 16.0 Å². The lowest BCUT2D eigenvalue weighted by molar-refractivity contribution is -0.119. The number of aliphatic imine (C=N–C) groups is 1. The maximum absolute atomic E-state index is 11.8. The van der Waals surface area contributed by atoms with Crippen molar-refractivity contribution in [1.82, 2.24) is 5.32 Å². The molecular formula is C14H17Cl2N3O3. The number of guanidine groups is 1. The van der Waals surface area contributed by atoms with Gasteiger partial charge in [0.2, 0.25) is 11.9 Å². The Balaban J connectivity index is 2.63. The van der Waals surface area contributed by atoms with Gasteiger partial charge in [-0.2, -0.15) is 0 Å². The number of hydrogen-bond donors (Lipinski definition) is 2. The first-order chi connectivity index (χ1) is 10.3. The molecule has 1 atom stereocenters. The summed E-state index contributed by atoms with van der Waals surface area (Å²) in [6, 6.07) is 4.92. The fourth-order valence-electron chi connectivity index (χ4n) is 1.46. The zero-order valence-corrected chi connectivity index (χ0v) is 13.7. The summed E-state index contributed by atoms with van der Waals surface area (Å²) in [5, 5.41) is 3.02. The van der Waals surface area contributed by atoms with Gasteiger partial charge in [-0.1, -0.05) is 36.2 Å². The summed E-state index contributed by atoms with van der Waals surface area (Å²) in [7, 11) is 0. The molecule has 0 fully saturated rings. The van der Waals surface area contributed by atoms with Crippen LogP contribution in [0.1, 0.15) is 25.8 Å². The molecule has 0 aliphatic rings. The summed E-state index contributed by atoms with van der Waals surface area (Å²) in [5.41, 5.74) is 5.94. The Bertz CT molecular complexity index is 570. The Labute approximate surface area is 138 Å². The van der Waals surface area contributed by atoms with E-state index < -0.39 is 12.0 Å². The average Bonchev–Trinajstić information content (AvgIpc) is 2.42. The molecule has 0 aliphatic carbocycles. The van der Waals surface area contributed by atoms with Gasteiger partial charge in [0.1, 0.15) is 6.10 Å². The molecule has 120 valence electrons. The van der Waals surface area contributed by atoms with E-state index in [-0.39, 0.29) is 18.5 Å². The molecule has 1 aromatic carbocycles. The first-order valence-electron chi connectivity index (χ1n) is 6.61. The van der Waals surface area contributed by atoms with Crippen LogP contribution in [0.15, 0.2) is 23.2 Å². The van der Waals surface area contributed by atoms with E-state index in [0.29, 0.717) is 22.0 Å². The van der Waals surface area contributed by atoms with Crippen LogP contribution in [0.5, 0.6) is 0 Å². The number of nitrogens with zero attached hydrogens (tertiary/aromatic N) is 1. The van der Waals surface area contributed by atoms with Crippen molar-refractivity contribution in [3.63, 3.8) is 0 Å². The number of halogens is 2. The van der Waals surface area contributed by atoms with Gasteiger partial charge >= 0.3 is 6.09 Å². The van der Waals surface area contributed by atoms with Gasteiger partial charge in [-0.05, 0) is 31.0 Å². The summed E-state index contributed by atoms with van der Waals surface area (Å²) >= 11 is 11.9. The summed E-state index contributed by atoms with van der Waals surface area (Å²) in [4.78, 5) is 26.7. The molecule has 0 saturated heterocycles. The number of benzene rings is 1. The number of amides is 2. The predicted octanol–water partition coefficient (Wildman–Crippen LogP) is 2.90. The molecule has 1 unspecified atom stereocenters. The molecule has 0 bridgehead atoms. The zero-order chi connectivity index (χ0) is 16.7. The smallest absolute Gasteiger partial charge is 0.437 e. The highest BCUT2D eigenvalue weighted by Gasteiger charge is 2.13. The Morgan fingerprint density at radius 3 is 2.50 bits per heavy atom. The SMILES string of the molecule is CCC(C)OC(=O)N=C(N)NC(=O)Cc1c(Cl)cccc1Cl. The van der Waals surface area contributed by atoms with Crippen molar-refractivity contribution < 1.29 is 14.3 Å². The van der Waals surface area contributed by atoms with E-state index in [1.165, 1.54) is 0 Å². The molecule has 22 heavy (non-hydrogen) atoms. The Kier molecular flexibility index (Phi) is 7.14. The molecule has 0 spiro atoms. The molecule has 6 nitrogen and oxygen atoms in total.